The fraction of sp³-hybridized carbons (Fsp3) is 0.211. The average molecular weight is 407 g/mol. The fourth-order valence-electron chi connectivity index (χ4n) is 2.19. The third-order valence-corrected chi connectivity index (χ3v) is 3.83. The number of carbonyl (C=O) groups excluding carboxylic acids is 3. The van der Waals surface area contributed by atoms with E-state index in [0.29, 0.717) is 28.7 Å². The van der Waals surface area contributed by atoms with Crippen molar-refractivity contribution in [2.45, 2.75) is 12.8 Å². The first kappa shape index (κ1) is 21.0. The highest BCUT2D eigenvalue weighted by Crippen LogP contribution is 2.22. The predicted octanol–water partition coefficient (Wildman–Crippen LogP) is 2.52. The molecule has 1 aromatic heterocycles. The third-order valence-electron chi connectivity index (χ3n) is 3.59. The van der Waals surface area contributed by atoms with Crippen LogP contribution in [-0.2, 0) is 20.7 Å². The molecule has 0 saturated heterocycles. The maximum atomic E-state index is 12.2. The molecule has 0 spiro atoms. The Morgan fingerprint density at radius 2 is 1.93 bits per heavy atom. The monoisotopic (exact) mass is 406 g/mol. The molecule has 0 saturated carbocycles. The van der Waals surface area contributed by atoms with Gasteiger partial charge in [-0.3, -0.25) is 25.2 Å². The van der Waals surface area contributed by atoms with Crippen molar-refractivity contribution in [3.05, 3.63) is 58.5 Å². The normalized spacial score (nSPS) is 10.5. The molecular weight excluding hydrogens is 388 g/mol. The number of hydrogen-bond donors (Lipinski definition) is 2. The number of esters is 1. The third kappa shape index (κ3) is 6.17. The van der Waals surface area contributed by atoms with Gasteiger partial charge in [0.25, 0.3) is 11.8 Å². The largest absolute Gasteiger partial charge is 0.496 e. The maximum absolute atomic E-state index is 12.2. The van der Waals surface area contributed by atoms with Crippen LogP contribution in [0.25, 0.3) is 6.08 Å². The average Bonchev–Trinajstić information content (AvgIpc) is 3.16. The second-order valence-electron chi connectivity index (χ2n) is 5.50. The van der Waals surface area contributed by atoms with E-state index in [1.165, 1.54) is 32.4 Å². The first-order chi connectivity index (χ1) is 13.4. The second kappa shape index (κ2) is 10.2. The predicted molar refractivity (Wildman–Crippen MR) is 102 cm³/mol. The zero-order chi connectivity index (χ0) is 20.5. The topological polar surface area (TPSA) is 107 Å². The first-order valence-corrected chi connectivity index (χ1v) is 8.58. The molecule has 2 aromatic rings. The highest BCUT2D eigenvalue weighted by Gasteiger charge is 2.13. The molecule has 0 bridgehead atoms. The minimum absolute atomic E-state index is 0.181. The van der Waals surface area contributed by atoms with Gasteiger partial charge in [0.05, 0.1) is 26.2 Å². The molecule has 0 fully saturated rings. The van der Waals surface area contributed by atoms with E-state index < -0.39 is 11.8 Å². The number of nitrogens with one attached hydrogen (secondary N) is 2. The van der Waals surface area contributed by atoms with Crippen LogP contribution in [0.2, 0.25) is 5.02 Å². The number of ether oxygens (including phenoxy) is 2. The number of hydrogen-bond acceptors (Lipinski definition) is 6. The zero-order valence-corrected chi connectivity index (χ0v) is 16.0. The van der Waals surface area contributed by atoms with Gasteiger partial charge in [-0.25, -0.2) is 0 Å². The number of hydrazine groups is 1. The van der Waals surface area contributed by atoms with Crippen LogP contribution in [0.3, 0.4) is 0 Å². The summed E-state index contributed by atoms with van der Waals surface area (Å²) in [4.78, 5) is 35.1. The highest BCUT2D eigenvalue weighted by atomic mass is 35.5. The quantitative estimate of drug-likeness (QED) is 0.415. The summed E-state index contributed by atoms with van der Waals surface area (Å²) in [5.74, 6) is -0.141. The van der Waals surface area contributed by atoms with Gasteiger partial charge in [0, 0.05) is 17.5 Å². The molecule has 0 unspecified atom stereocenters. The van der Waals surface area contributed by atoms with Gasteiger partial charge in [0.2, 0.25) is 0 Å². The first-order valence-electron chi connectivity index (χ1n) is 8.20. The van der Waals surface area contributed by atoms with E-state index in [1.54, 1.807) is 24.3 Å². The SMILES string of the molecule is COC(=O)CCc1ccc(/C=C/C(=O)NNC(=O)c2cc(Cl)ccc2OC)o1. The summed E-state index contributed by atoms with van der Waals surface area (Å²) in [6.45, 7) is 0. The Balaban J connectivity index is 1.87. The summed E-state index contributed by atoms with van der Waals surface area (Å²) in [6.07, 6.45) is 3.22. The van der Waals surface area contributed by atoms with Gasteiger partial charge in [-0.2, -0.15) is 0 Å². The van der Waals surface area contributed by atoms with Crippen molar-refractivity contribution >= 4 is 35.5 Å². The summed E-state index contributed by atoms with van der Waals surface area (Å²) < 4.78 is 15.1. The van der Waals surface area contributed by atoms with Crippen LogP contribution in [0.4, 0.5) is 0 Å². The molecule has 0 radical (unpaired) electrons. The van der Waals surface area contributed by atoms with Crippen molar-refractivity contribution in [1.29, 1.82) is 0 Å². The number of furan rings is 1. The number of amides is 2. The molecule has 8 nitrogen and oxygen atoms in total. The molecular formula is C19H19ClN2O6. The molecule has 2 rings (SSSR count). The van der Waals surface area contributed by atoms with Crippen molar-refractivity contribution in [2.75, 3.05) is 14.2 Å². The van der Waals surface area contributed by atoms with Crippen molar-refractivity contribution in [3.63, 3.8) is 0 Å². The Morgan fingerprint density at radius 3 is 2.64 bits per heavy atom. The van der Waals surface area contributed by atoms with Crippen LogP contribution in [0, 0.1) is 0 Å². The van der Waals surface area contributed by atoms with Gasteiger partial charge < -0.3 is 13.9 Å². The lowest BCUT2D eigenvalue weighted by atomic mass is 10.2. The Morgan fingerprint density at radius 1 is 1.14 bits per heavy atom. The number of rotatable bonds is 7. The lowest BCUT2D eigenvalue weighted by molar-refractivity contribution is -0.140. The Bertz CT molecular complexity index is 890. The molecule has 28 heavy (non-hydrogen) atoms. The van der Waals surface area contributed by atoms with Gasteiger partial charge in [-0.05, 0) is 36.4 Å². The second-order valence-corrected chi connectivity index (χ2v) is 5.94. The molecule has 0 aliphatic heterocycles. The maximum Gasteiger partial charge on any atom is 0.305 e. The van der Waals surface area contributed by atoms with Crippen LogP contribution in [-0.4, -0.2) is 32.0 Å². The molecule has 2 N–H and O–H groups in total. The summed E-state index contributed by atoms with van der Waals surface area (Å²) in [7, 11) is 2.74. The Hall–Kier alpha value is -3.26. The van der Waals surface area contributed by atoms with Gasteiger partial charge in [-0.15, -0.1) is 0 Å². The van der Waals surface area contributed by atoms with Crippen molar-refractivity contribution in [2.24, 2.45) is 0 Å². The van der Waals surface area contributed by atoms with Gasteiger partial charge in [-0.1, -0.05) is 11.6 Å². The molecule has 0 aliphatic carbocycles. The van der Waals surface area contributed by atoms with Crippen LogP contribution in [0.5, 0.6) is 5.75 Å². The molecule has 148 valence electrons. The van der Waals surface area contributed by atoms with Crippen LogP contribution >= 0.6 is 11.6 Å². The van der Waals surface area contributed by atoms with E-state index in [9.17, 15) is 14.4 Å². The molecule has 1 aromatic carbocycles. The van der Waals surface area contributed by atoms with E-state index >= 15 is 0 Å². The van der Waals surface area contributed by atoms with Gasteiger partial charge in [0.15, 0.2) is 0 Å². The number of methoxy groups -OCH3 is 2. The summed E-state index contributed by atoms with van der Waals surface area (Å²) in [5, 5.41) is 0.359. The summed E-state index contributed by atoms with van der Waals surface area (Å²) >= 11 is 5.88. The molecule has 2 amide bonds. The number of aryl methyl sites for hydroxylation is 1. The van der Waals surface area contributed by atoms with Crippen LogP contribution in [0.15, 0.2) is 40.8 Å². The van der Waals surface area contributed by atoms with E-state index in [1.807, 2.05) is 0 Å². The number of halogens is 1. The minimum Gasteiger partial charge on any atom is -0.496 e. The van der Waals surface area contributed by atoms with E-state index in [0.717, 1.165) is 0 Å². The van der Waals surface area contributed by atoms with Crippen molar-refractivity contribution < 1.29 is 28.3 Å². The van der Waals surface area contributed by atoms with Gasteiger partial charge >= 0.3 is 5.97 Å². The minimum atomic E-state index is -0.579. The standard InChI is InChI=1S/C19H19ClN2O6/c1-26-16-8-3-12(20)11-15(16)19(25)22-21-17(23)9-6-13-4-5-14(28-13)7-10-18(24)27-2/h3-6,8-9,11H,7,10H2,1-2H3,(H,21,23)(H,22,25)/b9-6+. The van der Waals surface area contributed by atoms with E-state index in [2.05, 4.69) is 15.6 Å². The summed E-state index contributed by atoms with van der Waals surface area (Å²) in [5.41, 5.74) is 4.70. The Kier molecular flexibility index (Phi) is 7.65. The number of carbonyl (C=O) groups is 3. The van der Waals surface area contributed by atoms with E-state index in [-0.39, 0.29) is 18.0 Å². The lowest BCUT2D eigenvalue weighted by Crippen LogP contribution is -2.40. The van der Waals surface area contributed by atoms with Gasteiger partial charge in [0.1, 0.15) is 17.3 Å². The van der Waals surface area contributed by atoms with Crippen molar-refractivity contribution in [1.82, 2.24) is 10.9 Å². The molecule has 0 atom stereocenters. The summed E-state index contributed by atoms with van der Waals surface area (Å²) in [6, 6.07) is 7.92. The molecule has 0 aliphatic rings. The van der Waals surface area contributed by atoms with Crippen molar-refractivity contribution in [3.8, 4) is 5.75 Å². The number of benzene rings is 1. The van der Waals surface area contributed by atoms with E-state index in [4.69, 9.17) is 20.8 Å². The lowest BCUT2D eigenvalue weighted by Gasteiger charge is -2.09. The van der Waals surface area contributed by atoms with Crippen LogP contribution < -0.4 is 15.6 Å². The zero-order valence-electron chi connectivity index (χ0n) is 15.3. The van der Waals surface area contributed by atoms with Crippen LogP contribution in [0.1, 0.15) is 28.3 Å². The molecule has 1 heterocycles. The Labute approximate surface area is 166 Å². The highest BCUT2D eigenvalue weighted by molar-refractivity contribution is 6.31. The fourth-order valence-corrected chi connectivity index (χ4v) is 2.36. The smallest absolute Gasteiger partial charge is 0.305 e. The molecule has 9 heteroatoms.